The number of benzene rings is 4. The highest BCUT2D eigenvalue weighted by Crippen LogP contribution is 2.70. The van der Waals surface area contributed by atoms with Gasteiger partial charge in [0.1, 0.15) is 0 Å². The smallest absolute Gasteiger partial charge is 0.203 e. The van der Waals surface area contributed by atoms with Crippen molar-refractivity contribution >= 4 is 20.4 Å². The second-order valence-corrected chi connectivity index (χ2v) is 12.0. The minimum absolute atomic E-state index is 0.557. The lowest BCUT2D eigenvalue weighted by Crippen LogP contribution is -2.15. The Morgan fingerprint density at radius 3 is 1.59 bits per heavy atom. The van der Waals surface area contributed by atoms with E-state index in [1.54, 1.807) is 72.8 Å². The molecule has 0 fully saturated rings. The quantitative estimate of drug-likeness (QED) is 0.272. The van der Waals surface area contributed by atoms with Gasteiger partial charge in [-0.3, -0.25) is 0 Å². The predicted octanol–water partition coefficient (Wildman–Crippen LogP) is 7.62. The van der Waals surface area contributed by atoms with Crippen LogP contribution in [-0.4, -0.2) is 8.42 Å². The average molecular weight is 503 g/mol. The van der Waals surface area contributed by atoms with Gasteiger partial charge in [-0.1, -0.05) is 60.2 Å². The van der Waals surface area contributed by atoms with Gasteiger partial charge in [-0.15, -0.1) is 0 Å². The summed E-state index contributed by atoms with van der Waals surface area (Å²) in [7, 11) is -7.49. The summed E-state index contributed by atoms with van der Waals surface area (Å²) in [6.45, 7) is 1.91. The molecule has 4 aromatic rings. The van der Waals surface area contributed by atoms with Crippen LogP contribution in [0, 0.1) is 6.92 Å². The molecule has 0 heterocycles. The molecule has 0 bridgehead atoms. The highest BCUT2D eigenvalue weighted by Gasteiger charge is 2.39. The Bertz CT molecular complexity index is 1330. The second kappa shape index (κ2) is 9.29. The molecule has 3 nitrogen and oxygen atoms in total. The number of halogens is 3. The van der Waals surface area contributed by atoms with Crippen LogP contribution in [0.4, 0.5) is 13.2 Å². The van der Waals surface area contributed by atoms with Gasteiger partial charge in [0.05, 0.1) is 10.5 Å². The molecular weight excluding hydrogens is 481 g/mol. The maximum atomic E-state index is 13.5. The third-order valence-electron chi connectivity index (χ3n) is 5.14. The monoisotopic (exact) mass is 502 g/mol. The lowest BCUT2D eigenvalue weighted by molar-refractivity contribution is -0.137. The van der Waals surface area contributed by atoms with E-state index < -0.39 is 37.1 Å². The third kappa shape index (κ3) is 4.75. The zero-order chi connectivity index (χ0) is 24.4. The Morgan fingerprint density at radius 1 is 0.618 bits per heavy atom. The Morgan fingerprint density at radius 2 is 1.09 bits per heavy atom. The second-order valence-electron chi connectivity index (χ2n) is 7.54. The number of aryl methyl sites for hydroxylation is 1. The van der Waals surface area contributed by atoms with Crippen LogP contribution < -0.4 is 0 Å². The minimum atomic E-state index is -4.69. The Kier molecular flexibility index (Phi) is 6.58. The van der Waals surface area contributed by atoms with Crippen LogP contribution in [0.1, 0.15) is 11.1 Å². The molecule has 0 amide bonds. The topological polar surface area (TPSA) is 43.4 Å². The van der Waals surface area contributed by atoms with E-state index in [2.05, 4.69) is 0 Å². The van der Waals surface area contributed by atoms with E-state index in [9.17, 15) is 21.6 Å². The summed E-state index contributed by atoms with van der Waals surface area (Å²) in [5.41, 5.74) is -0.0913. The van der Waals surface area contributed by atoms with Gasteiger partial charge in [-0.2, -0.15) is 21.6 Å². The third-order valence-corrected chi connectivity index (χ3v) is 10.3. The average Bonchev–Trinajstić information content (AvgIpc) is 2.84. The van der Waals surface area contributed by atoms with E-state index >= 15 is 0 Å². The van der Waals surface area contributed by atoms with Crippen molar-refractivity contribution in [2.75, 3.05) is 0 Å². The lowest BCUT2D eigenvalue weighted by atomic mass is 10.2. The summed E-state index contributed by atoms with van der Waals surface area (Å²) in [4.78, 5) is 1.24. The predicted molar refractivity (Wildman–Crippen MR) is 126 cm³/mol. The highest BCUT2D eigenvalue weighted by molar-refractivity contribution is 8.33. The van der Waals surface area contributed by atoms with Crippen LogP contribution in [0.3, 0.4) is 0 Å². The van der Waals surface area contributed by atoms with Crippen LogP contribution >= 0.6 is 10.3 Å². The van der Waals surface area contributed by atoms with E-state index in [0.29, 0.717) is 20.8 Å². The number of hydrogen-bond acceptors (Lipinski definition) is 3. The molecule has 34 heavy (non-hydrogen) atoms. The van der Waals surface area contributed by atoms with Gasteiger partial charge in [0.25, 0.3) is 0 Å². The van der Waals surface area contributed by atoms with Crippen LogP contribution in [0.5, 0.6) is 0 Å². The molecule has 0 aromatic heterocycles. The van der Waals surface area contributed by atoms with Crippen LogP contribution in [-0.2, 0) is 19.9 Å². The molecule has 8 heteroatoms. The summed E-state index contributed by atoms with van der Waals surface area (Å²) in [5.74, 6) is 0. The van der Waals surface area contributed by atoms with Crippen molar-refractivity contribution in [1.29, 1.82) is 0 Å². The summed E-state index contributed by atoms with van der Waals surface area (Å²) in [5, 5.41) is 0. The Labute approximate surface area is 198 Å². The zero-order valence-corrected chi connectivity index (χ0v) is 19.7. The van der Waals surface area contributed by atoms with Crippen molar-refractivity contribution < 1.29 is 25.2 Å². The molecule has 0 saturated carbocycles. The number of hydrogen-bond donors (Lipinski definition) is 0. The fraction of sp³-hybridized carbons (Fsp3) is 0.0769. The van der Waals surface area contributed by atoms with E-state index in [4.69, 9.17) is 3.63 Å². The first kappa shape index (κ1) is 24.1. The highest BCUT2D eigenvalue weighted by atomic mass is 32.3. The van der Waals surface area contributed by atoms with Crippen molar-refractivity contribution in [2.24, 2.45) is 0 Å². The van der Waals surface area contributed by atoms with Gasteiger partial charge in [0.15, 0.2) is 0 Å². The maximum Gasteiger partial charge on any atom is 0.416 e. The molecule has 176 valence electrons. The first-order valence-electron chi connectivity index (χ1n) is 10.3. The van der Waals surface area contributed by atoms with Crippen molar-refractivity contribution in [2.45, 2.75) is 32.7 Å². The van der Waals surface area contributed by atoms with Crippen LogP contribution in [0.15, 0.2) is 129 Å². The molecule has 0 aliphatic rings. The fourth-order valence-electron chi connectivity index (χ4n) is 3.48. The van der Waals surface area contributed by atoms with Gasteiger partial charge < -0.3 is 0 Å². The van der Waals surface area contributed by atoms with Gasteiger partial charge in [0.2, 0.25) is 0 Å². The SMILES string of the molecule is Cc1ccc(S(OS(=O)(=O)c2cccc(C(F)(F)F)c2)(c2ccccc2)c2ccccc2)cc1. The summed E-state index contributed by atoms with van der Waals surface area (Å²) >= 11 is 0. The number of rotatable bonds is 6. The molecule has 0 radical (unpaired) electrons. The van der Waals surface area contributed by atoms with E-state index in [0.717, 1.165) is 23.8 Å². The molecule has 0 spiro atoms. The van der Waals surface area contributed by atoms with E-state index in [-0.39, 0.29) is 0 Å². The maximum absolute atomic E-state index is 13.5. The molecule has 0 aliphatic heterocycles. The van der Waals surface area contributed by atoms with Crippen LogP contribution in [0.2, 0.25) is 0 Å². The van der Waals surface area contributed by atoms with Gasteiger partial charge in [-0.25, -0.2) is 3.63 Å². The first-order chi connectivity index (χ1) is 16.1. The standard InChI is InChI=1S/C26H21F3O3S2/c1-20-15-17-24(18-16-20)33(22-10-4-2-5-11-22,23-12-6-3-7-13-23)32-34(30,31)25-14-8-9-21(19-25)26(27,28)29/h2-19H,1H3. The summed E-state index contributed by atoms with van der Waals surface area (Å²) < 4.78 is 73.0. The normalized spacial score (nSPS) is 12.9. The molecule has 4 aromatic carbocycles. The van der Waals surface area contributed by atoms with Gasteiger partial charge in [-0.05, 0) is 71.8 Å². The molecule has 0 aliphatic carbocycles. The molecular formula is C26H21F3O3S2. The van der Waals surface area contributed by atoms with E-state index in [1.165, 1.54) is 0 Å². The molecule has 0 saturated heterocycles. The fourth-order valence-corrected chi connectivity index (χ4v) is 8.75. The lowest BCUT2D eigenvalue weighted by Gasteiger charge is -2.39. The van der Waals surface area contributed by atoms with Crippen LogP contribution in [0.25, 0.3) is 0 Å². The van der Waals surface area contributed by atoms with Crippen molar-refractivity contribution in [3.63, 3.8) is 0 Å². The Hall–Kier alpha value is -3.07. The largest absolute Gasteiger partial charge is 0.416 e. The number of alkyl halides is 3. The van der Waals surface area contributed by atoms with E-state index in [1.807, 2.05) is 19.1 Å². The molecule has 0 atom stereocenters. The van der Waals surface area contributed by atoms with Gasteiger partial charge >= 0.3 is 16.3 Å². The summed E-state index contributed by atoms with van der Waals surface area (Å²) in [6.07, 6.45) is -4.69. The van der Waals surface area contributed by atoms with Crippen molar-refractivity contribution in [3.05, 3.63) is 120 Å². The van der Waals surface area contributed by atoms with Gasteiger partial charge in [0, 0.05) is 14.7 Å². The molecule has 0 N–H and O–H groups in total. The Balaban J connectivity index is 1.98. The molecule has 0 unspecified atom stereocenters. The first-order valence-corrected chi connectivity index (χ1v) is 13.2. The molecule has 4 rings (SSSR count). The zero-order valence-electron chi connectivity index (χ0n) is 18.1. The summed E-state index contributed by atoms with van der Waals surface area (Å²) in [6, 6.07) is 28.7. The van der Waals surface area contributed by atoms with Crippen molar-refractivity contribution in [3.8, 4) is 0 Å². The van der Waals surface area contributed by atoms with Crippen molar-refractivity contribution in [1.82, 2.24) is 0 Å². The minimum Gasteiger partial charge on any atom is -0.203 e.